The molecule has 0 saturated heterocycles. The van der Waals surface area contributed by atoms with Gasteiger partial charge in [-0.1, -0.05) is 32.0 Å². The fourth-order valence-electron chi connectivity index (χ4n) is 4.14. The van der Waals surface area contributed by atoms with Gasteiger partial charge in [-0.3, -0.25) is 9.59 Å². The number of nitrogens with one attached hydrogen (secondary N) is 1. The van der Waals surface area contributed by atoms with E-state index in [0.717, 1.165) is 16.9 Å². The number of para-hydroxylation sites is 1. The summed E-state index contributed by atoms with van der Waals surface area (Å²) in [4.78, 5) is 41.6. The summed E-state index contributed by atoms with van der Waals surface area (Å²) in [6.45, 7) is 8.63. The molecule has 1 aromatic heterocycles. The van der Waals surface area contributed by atoms with Gasteiger partial charge in [-0.2, -0.15) is 0 Å². The highest BCUT2D eigenvalue weighted by atomic mass is 16.5. The van der Waals surface area contributed by atoms with Crippen molar-refractivity contribution < 1.29 is 19.1 Å². The summed E-state index contributed by atoms with van der Waals surface area (Å²) in [5.74, 6) is -1.07. The van der Waals surface area contributed by atoms with Crippen molar-refractivity contribution >= 4 is 23.2 Å². The third kappa shape index (κ3) is 3.50. The fraction of sp³-hybridized carbons (Fsp3) is 0.348. The molecule has 0 saturated carbocycles. The van der Waals surface area contributed by atoms with Crippen molar-refractivity contribution in [3.8, 4) is 0 Å². The van der Waals surface area contributed by atoms with Gasteiger partial charge >= 0.3 is 5.97 Å². The predicted molar refractivity (Wildman–Crippen MR) is 112 cm³/mol. The molecule has 152 valence electrons. The number of nitrogens with zero attached hydrogens (tertiary/aromatic N) is 1. The summed E-state index contributed by atoms with van der Waals surface area (Å²) in [6, 6.07) is 8.02. The molecule has 1 aliphatic rings. The van der Waals surface area contributed by atoms with Crippen LogP contribution >= 0.6 is 0 Å². The van der Waals surface area contributed by atoms with Gasteiger partial charge < -0.3 is 14.6 Å². The maximum Gasteiger partial charge on any atom is 0.355 e. The number of rotatable bonds is 5. The number of fused-ring (bicyclic) bond motifs is 1. The molecule has 0 unspecified atom stereocenters. The number of carbonyl (C=O) groups is 3. The van der Waals surface area contributed by atoms with Gasteiger partial charge in [0, 0.05) is 41.2 Å². The molecule has 2 aromatic rings. The Labute approximate surface area is 170 Å². The SMILES string of the molecule is CC(=O)c1c(C)[nH]c(C(=O)OCC(=O)C=C2N(C)c3ccccc3C2(C)C)c1C. The molecule has 0 fully saturated rings. The van der Waals surface area contributed by atoms with Crippen molar-refractivity contribution in [2.75, 3.05) is 18.6 Å². The van der Waals surface area contributed by atoms with Gasteiger partial charge in [0.25, 0.3) is 0 Å². The monoisotopic (exact) mass is 394 g/mol. The van der Waals surface area contributed by atoms with Crippen LogP contribution in [0.3, 0.4) is 0 Å². The molecule has 1 aromatic carbocycles. The topological polar surface area (TPSA) is 79.5 Å². The molecule has 0 spiro atoms. The van der Waals surface area contributed by atoms with Crippen LogP contribution < -0.4 is 4.90 Å². The third-order valence-corrected chi connectivity index (χ3v) is 5.58. The van der Waals surface area contributed by atoms with E-state index in [9.17, 15) is 14.4 Å². The largest absolute Gasteiger partial charge is 0.453 e. The molecule has 1 N–H and O–H groups in total. The highest BCUT2D eigenvalue weighted by molar-refractivity contribution is 6.02. The molecule has 29 heavy (non-hydrogen) atoms. The molecule has 0 amide bonds. The van der Waals surface area contributed by atoms with Gasteiger partial charge in [0.1, 0.15) is 5.69 Å². The van der Waals surface area contributed by atoms with Crippen molar-refractivity contribution in [3.05, 3.63) is 64.1 Å². The Bertz CT molecular complexity index is 1040. The number of hydrogen-bond donors (Lipinski definition) is 1. The van der Waals surface area contributed by atoms with Crippen LogP contribution in [-0.2, 0) is 14.9 Å². The van der Waals surface area contributed by atoms with E-state index < -0.39 is 5.97 Å². The van der Waals surface area contributed by atoms with Crippen LogP contribution in [0.25, 0.3) is 0 Å². The molecular weight excluding hydrogens is 368 g/mol. The van der Waals surface area contributed by atoms with E-state index >= 15 is 0 Å². The minimum Gasteiger partial charge on any atom is -0.453 e. The number of hydrogen-bond acceptors (Lipinski definition) is 5. The first-order chi connectivity index (χ1) is 13.6. The lowest BCUT2D eigenvalue weighted by molar-refractivity contribution is -0.117. The summed E-state index contributed by atoms with van der Waals surface area (Å²) in [7, 11) is 1.92. The van der Waals surface area contributed by atoms with Crippen molar-refractivity contribution in [1.82, 2.24) is 4.98 Å². The number of likely N-dealkylation sites (N-methyl/N-ethyl adjacent to an activating group) is 1. The average molecular weight is 394 g/mol. The normalized spacial score (nSPS) is 16.1. The number of aryl methyl sites for hydroxylation is 1. The van der Waals surface area contributed by atoms with Gasteiger partial charge in [0.05, 0.1) is 0 Å². The van der Waals surface area contributed by atoms with Crippen molar-refractivity contribution in [3.63, 3.8) is 0 Å². The number of aromatic nitrogens is 1. The number of carbonyl (C=O) groups excluding carboxylic acids is 3. The number of Topliss-reactive ketones (excluding diaryl/α,β-unsaturated/α-hetero) is 1. The third-order valence-electron chi connectivity index (χ3n) is 5.58. The minimum atomic E-state index is -0.646. The first-order valence-corrected chi connectivity index (χ1v) is 9.51. The molecule has 2 heterocycles. The molecule has 0 atom stereocenters. The summed E-state index contributed by atoms with van der Waals surface area (Å²) in [5, 5.41) is 0. The Morgan fingerprint density at radius 1 is 1.17 bits per heavy atom. The van der Waals surface area contributed by atoms with Crippen LogP contribution in [0.2, 0.25) is 0 Å². The Kier molecular flexibility index (Phi) is 5.22. The predicted octanol–water partition coefficient (Wildman–Crippen LogP) is 3.87. The Morgan fingerprint density at radius 2 is 1.83 bits per heavy atom. The molecule has 0 aliphatic carbocycles. The van der Waals surface area contributed by atoms with E-state index in [4.69, 9.17) is 4.74 Å². The number of anilines is 1. The lowest BCUT2D eigenvalue weighted by Crippen LogP contribution is -2.25. The van der Waals surface area contributed by atoms with E-state index in [1.807, 2.05) is 30.1 Å². The lowest BCUT2D eigenvalue weighted by atomic mass is 9.83. The number of aromatic amines is 1. The molecular formula is C23H26N2O4. The molecule has 0 radical (unpaired) electrons. The van der Waals surface area contributed by atoms with Gasteiger partial charge in [-0.05, 0) is 38.0 Å². The fourth-order valence-corrected chi connectivity index (χ4v) is 4.14. The van der Waals surface area contributed by atoms with Crippen LogP contribution in [0.4, 0.5) is 5.69 Å². The number of H-pyrrole nitrogens is 1. The van der Waals surface area contributed by atoms with Crippen molar-refractivity contribution in [2.45, 2.75) is 40.0 Å². The van der Waals surface area contributed by atoms with E-state index in [1.54, 1.807) is 19.9 Å². The second-order valence-electron chi connectivity index (χ2n) is 7.95. The van der Waals surface area contributed by atoms with Gasteiger partial charge in [0.15, 0.2) is 18.2 Å². The number of ketones is 2. The molecule has 6 heteroatoms. The van der Waals surface area contributed by atoms with Crippen molar-refractivity contribution in [1.29, 1.82) is 0 Å². The Hall–Kier alpha value is -3.15. The standard InChI is InChI=1S/C23H26N2O4/c1-13-20(15(3)26)14(2)24-21(13)22(28)29-12-16(27)11-19-23(4,5)17-9-7-8-10-18(17)25(19)6/h7-11,24H,12H2,1-6H3. The smallest absolute Gasteiger partial charge is 0.355 e. The molecule has 3 rings (SSSR count). The second kappa shape index (κ2) is 7.35. The van der Waals surface area contributed by atoms with Crippen LogP contribution in [0.1, 0.15) is 58.4 Å². The summed E-state index contributed by atoms with van der Waals surface area (Å²) >= 11 is 0. The molecule has 1 aliphatic heterocycles. The van der Waals surface area contributed by atoms with Crippen molar-refractivity contribution in [2.24, 2.45) is 0 Å². The van der Waals surface area contributed by atoms with Gasteiger partial charge in [-0.25, -0.2) is 4.79 Å². The summed E-state index contributed by atoms with van der Waals surface area (Å²) < 4.78 is 5.22. The van der Waals surface area contributed by atoms with Crippen LogP contribution in [-0.4, -0.2) is 36.2 Å². The second-order valence-corrected chi connectivity index (χ2v) is 7.95. The number of ether oxygens (including phenoxy) is 1. The zero-order chi connectivity index (χ0) is 21.5. The van der Waals surface area contributed by atoms with Crippen LogP contribution in [0.15, 0.2) is 36.0 Å². The van der Waals surface area contributed by atoms with E-state index in [-0.39, 0.29) is 29.3 Å². The van der Waals surface area contributed by atoms with E-state index in [0.29, 0.717) is 16.8 Å². The Balaban J connectivity index is 1.75. The average Bonchev–Trinajstić information content (AvgIpc) is 3.06. The van der Waals surface area contributed by atoms with Crippen LogP contribution in [0.5, 0.6) is 0 Å². The molecule has 0 bridgehead atoms. The number of benzene rings is 1. The van der Waals surface area contributed by atoms with Gasteiger partial charge in [0.2, 0.25) is 0 Å². The first kappa shape index (κ1) is 20.6. The maximum absolute atomic E-state index is 12.5. The number of allylic oxidation sites excluding steroid dienone is 1. The highest BCUT2D eigenvalue weighted by Gasteiger charge is 2.38. The highest BCUT2D eigenvalue weighted by Crippen LogP contribution is 2.46. The first-order valence-electron chi connectivity index (χ1n) is 9.51. The van der Waals surface area contributed by atoms with Crippen LogP contribution in [0, 0.1) is 13.8 Å². The lowest BCUT2D eigenvalue weighted by Gasteiger charge is -2.23. The number of esters is 1. The maximum atomic E-state index is 12.5. The minimum absolute atomic E-state index is 0.123. The summed E-state index contributed by atoms with van der Waals surface area (Å²) in [6.07, 6.45) is 1.54. The van der Waals surface area contributed by atoms with Gasteiger partial charge in [-0.15, -0.1) is 0 Å². The van der Waals surface area contributed by atoms with E-state index in [2.05, 4.69) is 24.9 Å². The Morgan fingerprint density at radius 3 is 2.41 bits per heavy atom. The van der Waals surface area contributed by atoms with E-state index in [1.165, 1.54) is 6.92 Å². The molecule has 6 nitrogen and oxygen atoms in total. The zero-order valence-electron chi connectivity index (χ0n) is 17.7. The summed E-state index contributed by atoms with van der Waals surface area (Å²) in [5.41, 5.74) is 4.58. The zero-order valence-corrected chi connectivity index (χ0v) is 17.7. The quantitative estimate of drug-likeness (QED) is 0.473.